The molecule has 1 heterocycles. The summed E-state index contributed by atoms with van der Waals surface area (Å²) < 4.78 is 5.24. The minimum atomic E-state index is -0.475. The van der Waals surface area contributed by atoms with E-state index in [1.165, 1.54) is 10.9 Å². The molecule has 0 aliphatic carbocycles. The van der Waals surface area contributed by atoms with E-state index in [9.17, 15) is 4.79 Å². The Hall–Kier alpha value is -2.14. The highest BCUT2D eigenvalue weighted by molar-refractivity contribution is 5.81. The van der Waals surface area contributed by atoms with Gasteiger partial charge in [-0.15, -0.1) is 0 Å². The van der Waals surface area contributed by atoms with E-state index in [0.29, 0.717) is 6.54 Å². The summed E-state index contributed by atoms with van der Waals surface area (Å²) in [6.07, 6.45) is 3.27. The van der Waals surface area contributed by atoms with Gasteiger partial charge in [-0.1, -0.05) is 12.1 Å². The number of carbonyl (C=O) groups excluding carboxylic acids is 1. The van der Waals surface area contributed by atoms with Crippen molar-refractivity contribution in [1.29, 1.82) is 0 Å². The molecular formula is C18H25N3O2. The standard InChI is InChI=1S/C18H25N3O2/c1-13(21-17(22)23-18(2,3)4)10-20-11-14-5-6-16-12-19-8-7-15(16)9-14/h5-9,12-13,20H,10-11H2,1-4H3,(H,21,22). The number of aromatic nitrogens is 1. The van der Waals surface area contributed by atoms with Crippen molar-refractivity contribution in [3.05, 3.63) is 42.2 Å². The van der Waals surface area contributed by atoms with Crippen molar-refractivity contribution >= 4 is 16.9 Å². The Morgan fingerprint density at radius 3 is 2.78 bits per heavy atom. The molecule has 1 unspecified atom stereocenters. The zero-order chi connectivity index (χ0) is 16.9. The van der Waals surface area contributed by atoms with Crippen LogP contribution >= 0.6 is 0 Å². The van der Waals surface area contributed by atoms with Crippen LogP contribution in [0.3, 0.4) is 0 Å². The van der Waals surface area contributed by atoms with Crippen molar-refractivity contribution in [3.63, 3.8) is 0 Å². The first-order valence-corrected chi connectivity index (χ1v) is 7.86. The normalized spacial score (nSPS) is 12.9. The highest BCUT2D eigenvalue weighted by atomic mass is 16.6. The number of hydrogen-bond donors (Lipinski definition) is 2. The number of pyridine rings is 1. The highest BCUT2D eigenvalue weighted by Crippen LogP contribution is 2.14. The molecule has 1 amide bonds. The molecule has 5 nitrogen and oxygen atoms in total. The van der Waals surface area contributed by atoms with Gasteiger partial charge in [-0.3, -0.25) is 4.98 Å². The Kier molecular flexibility index (Phi) is 5.55. The molecule has 0 fully saturated rings. The van der Waals surface area contributed by atoms with E-state index in [0.717, 1.165) is 11.9 Å². The number of fused-ring (bicyclic) bond motifs is 1. The van der Waals surface area contributed by atoms with Crippen molar-refractivity contribution in [2.24, 2.45) is 0 Å². The molecule has 0 spiro atoms. The van der Waals surface area contributed by atoms with Crippen LogP contribution in [0.1, 0.15) is 33.3 Å². The number of alkyl carbamates (subject to hydrolysis) is 1. The number of hydrogen-bond acceptors (Lipinski definition) is 4. The van der Waals surface area contributed by atoms with E-state index in [-0.39, 0.29) is 12.1 Å². The molecule has 0 radical (unpaired) electrons. The van der Waals surface area contributed by atoms with Crippen LogP contribution in [-0.2, 0) is 11.3 Å². The van der Waals surface area contributed by atoms with Crippen LogP contribution in [0, 0.1) is 0 Å². The average molecular weight is 315 g/mol. The first-order valence-electron chi connectivity index (χ1n) is 7.86. The lowest BCUT2D eigenvalue weighted by Crippen LogP contribution is -2.42. The fourth-order valence-corrected chi connectivity index (χ4v) is 2.24. The number of nitrogens with one attached hydrogen (secondary N) is 2. The molecule has 0 aliphatic heterocycles. The van der Waals surface area contributed by atoms with Gasteiger partial charge in [-0.25, -0.2) is 4.79 Å². The second-order valence-corrected chi connectivity index (χ2v) is 6.74. The molecular weight excluding hydrogens is 290 g/mol. The zero-order valence-electron chi connectivity index (χ0n) is 14.2. The summed E-state index contributed by atoms with van der Waals surface area (Å²) in [6, 6.07) is 8.31. The highest BCUT2D eigenvalue weighted by Gasteiger charge is 2.17. The lowest BCUT2D eigenvalue weighted by molar-refractivity contribution is 0.0508. The molecule has 1 aromatic carbocycles. The molecule has 23 heavy (non-hydrogen) atoms. The summed E-state index contributed by atoms with van der Waals surface area (Å²) in [4.78, 5) is 15.8. The first-order chi connectivity index (χ1) is 10.8. The lowest BCUT2D eigenvalue weighted by Gasteiger charge is -2.22. The van der Waals surface area contributed by atoms with Gasteiger partial charge in [0.1, 0.15) is 5.60 Å². The second kappa shape index (κ2) is 7.42. The quantitative estimate of drug-likeness (QED) is 0.889. The molecule has 2 N–H and O–H groups in total. The molecule has 0 saturated carbocycles. The third-order valence-electron chi connectivity index (χ3n) is 3.25. The minimum absolute atomic E-state index is 0.00509. The minimum Gasteiger partial charge on any atom is -0.444 e. The molecule has 0 saturated heterocycles. The third kappa shape index (κ3) is 5.87. The summed E-state index contributed by atoms with van der Waals surface area (Å²) in [5, 5.41) is 8.48. The predicted molar refractivity (Wildman–Crippen MR) is 92.3 cm³/mol. The van der Waals surface area contributed by atoms with Crippen LogP contribution in [-0.4, -0.2) is 29.3 Å². The van der Waals surface area contributed by atoms with E-state index in [2.05, 4.69) is 33.8 Å². The van der Waals surface area contributed by atoms with Crippen molar-refractivity contribution in [3.8, 4) is 0 Å². The fraction of sp³-hybridized carbons (Fsp3) is 0.444. The summed E-state index contributed by atoms with van der Waals surface area (Å²) >= 11 is 0. The number of amides is 1. The van der Waals surface area contributed by atoms with Crippen LogP contribution in [0.4, 0.5) is 4.79 Å². The molecule has 2 aromatic rings. The van der Waals surface area contributed by atoms with Crippen LogP contribution in [0.25, 0.3) is 10.8 Å². The number of benzene rings is 1. The van der Waals surface area contributed by atoms with Crippen molar-refractivity contribution in [2.45, 2.75) is 45.9 Å². The molecule has 1 aromatic heterocycles. The smallest absolute Gasteiger partial charge is 0.407 e. The second-order valence-electron chi connectivity index (χ2n) is 6.74. The van der Waals surface area contributed by atoms with Gasteiger partial charge in [0.25, 0.3) is 0 Å². The lowest BCUT2D eigenvalue weighted by atomic mass is 10.1. The first kappa shape index (κ1) is 17.2. The maximum absolute atomic E-state index is 11.7. The molecule has 124 valence electrons. The monoisotopic (exact) mass is 315 g/mol. The molecule has 5 heteroatoms. The molecule has 2 rings (SSSR count). The van der Waals surface area contributed by atoms with Crippen molar-refractivity contribution in [1.82, 2.24) is 15.6 Å². The van der Waals surface area contributed by atoms with Gasteiger partial charge in [0.05, 0.1) is 0 Å². The SMILES string of the molecule is CC(CNCc1ccc2cnccc2c1)NC(=O)OC(C)(C)C. The molecule has 1 atom stereocenters. The number of ether oxygens (including phenoxy) is 1. The van der Waals surface area contributed by atoms with Crippen LogP contribution < -0.4 is 10.6 Å². The third-order valence-corrected chi connectivity index (χ3v) is 3.25. The van der Waals surface area contributed by atoms with E-state index >= 15 is 0 Å². The number of carbonyl (C=O) groups is 1. The molecule has 0 aliphatic rings. The fourth-order valence-electron chi connectivity index (χ4n) is 2.24. The van der Waals surface area contributed by atoms with Crippen LogP contribution in [0.5, 0.6) is 0 Å². The van der Waals surface area contributed by atoms with E-state index in [4.69, 9.17) is 4.74 Å². The van der Waals surface area contributed by atoms with Gasteiger partial charge in [0.2, 0.25) is 0 Å². The van der Waals surface area contributed by atoms with Crippen LogP contribution in [0.15, 0.2) is 36.7 Å². The van der Waals surface area contributed by atoms with Gasteiger partial charge in [0, 0.05) is 36.9 Å². The largest absolute Gasteiger partial charge is 0.444 e. The Morgan fingerprint density at radius 2 is 2.04 bits per heavy atom. The van der Waals surface area contributed by atoms with Gasteiger partial charge < -0.3 is 15.4 Å². The molecule has 0 bridgehead atoms. The summed E-state index contributed by atoms with van der Waals surface area (Å²) in [5.74, 6) is 0. The summed E-state index contributed by atoms with van der Waals surface area (Å²) in [6.45, 7) is 8.93. The van der Waals surface area contributed by atoms with Gasteiger partial charge >= 0.3 is 6.09 Å². The van der Waals surface area contributed by atoms with E-state index in [1.54, 1.807) is 6.20 Å². The van der Waals surface area contributed by atoms with Crippen molar-refractivity contribution in [2.75, 3.05) is 6.54 Å². The van der Waals surface area contributed by atoms with Gasteiger partial charge in [-0.2, -0.15) is 0 Å². The van der Waals surface area contributed by atoms with Gasteiger partial charge in [-0.05, 0) is 50.8 Å². The maximum atomic E-state index is 11.7. The van der Waals surface area contributed by atoms with E-state index < -0.39 is 5.60 Å². The Bertz CT molecular complexity index is 665. The predicted octanol–water partition coefficient (Wildman–Crippen LogP) is 3.24. The Labute approximate surface area is 137 Å². The number of nitrogens with zero attached hydrogens (tertiary/aromatic N) is 1. The zero-order valence-corrected chi connectivity index (χ0v) is 14.2. The summed E-state index contributed by atoms with van der Waals surface area (Å²) in [5.41, 5.74) is 0.727. The summed E-state index contributed by atoms with van der Waals surface area (Å²) in [7, 11) is 0. The van der Waals surface area contributed by atoms with E-state index in [1.807, 2.05) is 40.0 Å². The number of rotatable bonds is 5. The maximum Gasteiger partial charge on any atom is 0.407 e. The average Bonchev–Trinajstić information content (AvgIpc) is 2.45. The topological polar surface area (TPSA) is 63.2 Å². The van der Waals surface area contributed by atoms with Crippen molar-refractivity contribution < 1.29 is 9.53 Å². The Balaban J connectivity index is 1.78. The Morgan fingerprint density at radius 1 is 1.26 bits per heavy atom. The van der Waals surface area contributed by atoms with Crippen LogP contribution in [0.2, 0.25) is 0 Å². The van der Waals surface area contributed by atoms with Gasteiger partial charge in [0.15, 0.2) is 0 Å².